The molecule has 6 heteroatoms. The minimum atomic E-state index is -0.735. The number of nitrogens with one attached hydrogen (secondary N) is 2. The van der Waals surface area contributed by atoms with Crippen LogP contribution in [-0.4, -0.2) is 40.3 Å². The van der Waals surface area contributed by atoms with Crippen LogP contribution in [0.25, 0.3) is 0 Å². The maximum atomic E-state index is 11.2. The zero-order valence-corrected chi connectivity index (χ0v) is 10.9. The molecule has 1 aromatic rings. The van der Waals surface area contributed by atoms with Gasteiger partial charge in [-0.3, -0.25) is 4.21 Å². The first-order valence-corrected chi connectivity index (χ1v) is 6.98. The average Bonchev–Trinajstić information content (AvgIpc) is 2.82. The second-order valence-corrected chi connectivity index (χ2v) is 5.36. The highest BCUT2D eigenvalue weighted by molar-refractivity contribution is 7.84. The summed E-state index contributed by atoms with van der Waals surface area (Å²) in [5.74, 6) is 0.973. The van der Waals surface area contributed by atoms with Gasteiger partial charge in [-0.2, -0.15) is 0 Å². The Morgan fingerprint density at radius 1 is 1.53 bits per heavy atom. The summed E-state index contributed by atoms with van der Waals surface area (Å²) in [7, 11) is 0.613. The minimum Gasteiger partial charge on any atom is -0.464 e. The van der Waals surface area contributed by atoms with Gasteiger partial charge in [0.25, 0.3) is 0 Å². The van der Waals surface area contributed by atoms with Crippen LogP contribution in [0, 0.1) is 0 Å². The van der Waals surface area contributed by atoms with Crippen molar-refractivity contribution in [2.45, 2.75) is 13.5 Å². The quantitative estimate of drug-likeness (QED) is 0.557. The zero-order valence-electron chi connectivity index (χ0n) is 10.1. The molecule has 0 aromatic carbocycles. The number of H-pyrrole nitrogens is 1. The van der Waals surface area contributed by atoms with Gasteiger partial charge >= 0.3 is 5.97 Å². The summed E-state index contributed by atoms with van der Waals surface area (Å²) < 4.78 is 15.7. The molecule has 0 bridgehead atoms. The molecule has 0 radical (unpaired) electrons. The monoisotopic (exact) mass is 258 g/mol. The lowest BCUT2D eigenvalue weighted by molar-refractivity contribution is 0.0594. The number of aromatic nitrogens is 1. The highest BCUT2D eigenvalue weighted by Gasteiger charge is 2.07. The third kappa shape index (κ3) is 4.70. The van der Waals surface area contributed by atoms with Crippen molar-refractivity contribution in [3.8, 4) is 0 Å². The summed E-state index contributed by atoms with van der Waals surface area (Å²) in [5.41, 5.74) is 1.36. The second-order valence-electron chi connectivity index (χ2n) is 3.50. The van der Waals surface area contributed by atoms with Crippen LogP contribution in [0.5, 0.6) is 0 Å². The molecule has 96 valence electrons. The van der Waals surface area contributed by atoms with Crippen molar-refractivity contribution in [3.63, 3.8) is 0 Å². The van der Waals surface area contributed by atoms with Gasteiger partial charge in [0.1, 0.15) is 5.69 Å². The lowest BCUT2D eigenvalue weighted by Crippen LogP contribution is -2.20. The van der Waals surface area contributed by atoms with E-state index in [9.17, 15) is 9.00 Å². The fraction of sp³-hybridized carbons (Fsp3) is 0.545. The number of hydrogen-bond acceptors (Lipinski definition) is 4. The lowest BCUT2D eigenvalue weighted by atomic mass is 10.4. The van der Waals surface area contributed by atoms with E-state index in [0.717, 1.165) is 5.69 Å². The topological polar surface area (TPSA) is 71.2 Å². The largest absolute Gasteiger partial charge is 0.464 e. The van der Waals surface area contributed by atoms with Crippen molar-refractivity contribution >= 4 is 16.8 Å². The van der Waals surface area contributed by atoms with Gasteiger partial charge in [-0.05, 0) is 12.1 Å². The van der Waals surface area contributed by atoms with Gasteiger partial charge < -0.3 is 15.0 Å². The third-order valence-corrected chi connectivity index (χ3v) is 3.60. The molecular weight excluding hydrogens is 240 g/mol. The first-order valence-electron chi connectivity index (χ1n) is 5.49. The SMILES string of the molecule is CCS(=O)CCNCc1ccc(C(=O)OC)[nH]1. The number of rotatable bonds is 7. The van der Waals surface area contributed by atoms with Crippen molar-refractivity contribution < 1.29 is 13.7 Å². The standard InChI is InChI=1S/C11H18N2O3S/c1-3-17(15)7-6-12-8-9-4-5-10(13-9)11(14)16-2/h4-5,12-13H,3,6-8H2,1-2H3. The van der Waals surface area contributed by atoms with E-state index >= 15 is 0 Å². The molecule has 1 atom stereocenters. The van der Waals surface area contributed by atoms with Crippen LogP contribution in [0.3, 0.4) is 0 Å². The molecule has 17 heavy (non-hydrogen) atoms. The lowest BCUT2D eigenvalue weighted by Gasteiger charge is -2.02. The molecule has 0 saturated carbocycles. The third-order valence-electron chi connectivity index (χ3n) is 2.30. The van der Waals surface area contributed by atoms with E-state index in [-0.39, 0.29) is 5.97 Å². The van der Waals surface area contributed by atoms with E-state index < -0.39 is 10.8 Å². The minimum absolute atomic E-state index is 0.372. The fourth-order valence-corrected chi connectivity index (χ4v) is 1.99. The first-order chi connectivity index (χ1) is 8.17. The van der Waals surface area contributed by atoms with Crippen LogP contribution in [0.1, 0.15) is 23.1 Å². The Bertz CT molecular complexity index is 390. The molecule has 0 aliphatic carbocycles. The van der Waals surface area contributed by atoms with Crippen molar-refractivity contribution in [1.29, 1.82) is 0 Å². The molecule has 1 unspecified atom stereocenters. The Labute approximate surface area is 103 Å². The van der Waals surface area contributed by atoms with Gasteiger partial charge in [0.15, 0.2) is 0 Å². The van der Waals surface area contributed by atoms with Gasteiger partial charge in [-0.1, -0.05) is 6.92 Å². The van der Waals surface area contributed by atoms with Crippen LogP contribution < -0.4 is 5.32 Å². The predicted molar refractivity (Wildman–Crippen MR) is 67.4 cm³/mol. The number of hydrogen-bond donors (Lipinski definition) is 2. The maximum absolute atomic E-state index is 11.2. The molecule has 0 amide bonds. The van der Waals surface area contributed by atoms with Crippen molar-refractivity contribution in [3.05, 3.63) is 23.5 Å². The summed E-state index contributed by atoms with van der Waals surface area (Å²) >= 11 is 0. The molecule has 1 rings (SSSR count). The van der Waals surface area contributed by atoms with Gasteiger partial charge in [0.05, 0.1) is 7.11 Å². The number of esters is 1. The van der Waals surface area contributed by atoms with E-state index in [4.69, 9.17) is 0 Å². The number of carbonyl (C=O) groups excluding carboxylic acids is 1. The predicted octanol–water partition coefficient (Wildman–Crippen LogP) is 0.659. The molecular formula is C11H18N2O3S. The number of ether oxygens (including phenoxy) is 1. The molecule has 0 aliphatic rings. The fourth-order valence-electron chi connectivity index (χ4n) is 1.33. The van der Waals surface area contributed by atoms with E-state index in [2.05, 4.69) is 15.0 Å². The van der Waals surface area contributed by atoms with Gasteiger partial charge in [-0.15, -0.1) is 0 Å². The molecule has 5 nitrogen and oxygen atoms in total. The van der Waals surface area contributed by atoms with E-state index in [1.54, 1.807) is 6.07 Å². The van der Waals surface area contributed by atoms with Crippen LogP contribution >= 0.6 is 0 Å². The Balaban J connectivity index is 2.30. The van der Waals surface area contributed by atoms with Crippen LogP contribution in [0.15, 0.2) is 12.1 Å². The molecule has 0 spiro atoms. The Hall–Kier alpha value is -1.14. The Morgan fingerprint density at radius 2 is 2.29 bits per heavy atom. The van der Waals surface area contributed by atoms with E-state index in [1.165, 1.54) is 7.11 Å². The smallest absolute Gasteiger partial charge is 0.354 e. The van der Waals surface area contributed by atoms with Crippen molar-refractivity contribution in [2.24, 2.45) is 0 Å². The normalized spacial score (nSPS) is 12.4. The van der Waals surface area contributed by atoms with Crippen molar-refractivity contribution in [1.82, 2.24) is 10.3 Å². The summed E-state index contributed by atoms with van der Waals surface area (Å²) in [6.07, 6.45) is 0. The molecule has 2 N–H and O–H groups in total. The van der Waals surface area contributed by atoms with Crippen LogP contribution in [0.4, 0.5) is 0 Å². The Kier molecular flexibility index (Phi) is 5.93. The highest BCUT2D eigenvalue weighted by atomic mass is 32.2. The van der Waals surface area contributed by atoms with E-state index in [1.807, 2.05) is 13.0 Å². The number of carbonyl (C=O) groups is 1. The first kappa shape index (κ1) is 13.9. The molecule has 0 fully saturated rings. The average molecular weight is 258 g/mol. The molecule has 0 saturated heterocycles. The van der Waals surface area contributed by atoms with Gasteiger partial charge in [-0.25, -0.2) is 4.79 Å². The summed E-state index contributed by atoms with van der Waals surface area (Å²) in [4.78, 5) is 14.1. The van der Waals surface area contributed by atoms with Crippen molar-refractivity contribution in [2.75, 3.05) is 25.2 Å². The van der Waals surface area contributed by atoms with Gasteiger partial charge in [0.2, 0.25) is 0 Å². The molecule has 1 aromatic heterocycles. The zero-order chi connectivity index (χ0) is 12.7. The van der Waals surface area contributed by atoms with Crippen LogP contribution in [0.2, 0.25) is 0 Å². The second kappa shape index (κ2) is 7.24. The van der Waals surface area contributed by atoms with Gasteiger partial charge in [0, 0.05) is 41.1 Å². The maximum Gasteiger partial charge on any atom is 0.354 e. The summed E-state index contributed by atoms with van der Waals surface area (Å²) in [6, 6.07) is 3.52. The summed E-state index contributed by atoms with van der Waals surface area (Å²) in [5, 5.41) is 3.16. The number of aromatic amines is 1. The molecule has 0 aliphatic heterocycles. The number of methoxy groups -OCH3 is 1. The van der Waals surface area contributed by atoms with E-state index in [0.29, 0.717) is 30.3 Å². The highest BCUT2D eigenvalue weighted by Crippen LogP contribution is 2.02. The Morgan fingerprint density at radius 3 is 2.94 bits per heavy atom. The molecule has 1 heterocycles. The van der Waals surface area contributed by atoms with Crippen LogP contribution in [-0.2, 0) is 22.1 Å². The summed E-state index contributed by atoms with van der Waals surface area (Å²) in [6.45, 7) is 3.23.